The quantitative estimate of drug-likeness (QED) is 0.482. The van der Waals surface area contributed by atoms with Gasteiger partial charge in [0.1, 0.15) is 6.54 Å². The van der Waals surface area contributed by atoms with Gasteiger partial charge in [-0.3, -0.25) is 9.59 Å². The average molecular weight is 270 g/mol. The van der Waals surface area contributed by atoms with Gasteiger partial charge in [-0.25, -0.2) is 0 Å². The van der Waals surface area contributed by atoms with E-state index in [1.165, 1.54) is 0 Å². The van der Waals surface area contributed by atoms with E-state index in [9.17, 15) is 9.59 Å². The highest BCUT2D eigenvalue weighted by atomic mass is 16.5. The molecule has 5 heteroatoms. The fraction of sp³-hybridized carbons (Fsp3) is 0.857. The van der Waals surface area contributed by atoms with Crippen LogP contribution in [0.2, 0.25) is 0 Å². The number of carbonyl (C=O) groups is 2. The Morgan fingerprint density at radius 1 is 1.21 bits per heavy atom. The zero-order valence-corrected chi connectivity index (χ0v) is 11.9. The van der Waals surface area contributed by atoms with E-state index < -0.39 is 0 Å². The predicted octanol–water partition coefficient (Wildman–Crippen LogP) is 1.45. The van der Waals surface area contributed by atoms with E-state index in [1.54, 1.807) is 11.8 Å². The molecule has 0 saturated heterocycles. The Balaban J connectivity index is 2.26. The minimum Gasteiger partial charge on any atom is -0.465 e. The minimum atomic E-state index is -0.300. The maximum absolute atomic E-state index is 12.1. The van der Waals surface area contributed by atoms with Gasteiger partial charge in [0.15, 0.2) is 0 Å². The van der Waals surface area contributed by atoms with Crippen molar-refractivity contribution in [1.29, 1.82) is 0 Å². The zero-order chi connectivity index (χ0) is 14.1. The standard InChI is InChI=1S/C14H26N2O3/c1-2-19-14(18)11-16(12-8-9-12)13(17)7-5-3-4-6-10-15/h12H,2-11,15H2,1H3. The van der Waals surface area contributed by atoms with Crippen LogP contribution in [-0.4, -0.2) is 42.5 Å². The first-order valence-corrected chi connectivity index (χ1v) is 7.34. The Morgan fingerprint density at radius 2 is 1.89 bits per heavy atom. The summed E-state index contributed by atoms with van der Waals surface area (Å²) in [6.45, 7) is 2.97. The van der Waals surface area contributed by atoms with Gasteiger partial charge in [-0.05, 0) is 39.2 Å². The smallest absolute Gasteiger partial charge is 0.325 e. The molecule has 0 aromatic rings. The lowest BCUT2D eigenvalue weighted by Gasteiger charge is -2.21. The molecule has 1 amide bonds. The molecule has 0 aromatic carbocycles. The molecule has 0 atom stereocenters. The Morgan fingerprint density at radius 3 is 2.47 bits per heavy atom. The fourth-order valence-corrected chi connectivity index (χ4v) is 2.07. The number of hydrogen-bond acceptors (Lipinski definition) is 4. The van der Waals surface area contributed by atoms with Crippen molar-refractivity contribution in [2.45, 2.75) is 57.9 Å². The molecule has 0 aromatic heterocycles. The molecule has 1 aliphatic carbocycles. The van der Waals surface area contributed by atoms with Crippen LogP contribution in [0.1, 0.15) is 51.9 Å². The first-order valence-electron chi connectivity index (χ1n) is 7.34. The lowest BCUT2D eigenvalue weighted by molar-refractivity contribution is -0.149. The van der Waals surface area contributed by atoms with Gasteiger partial charge in [0.25, 0.3) is 0 Å². The van der Waals surface area contributed by atoms with Crippen molar-refractivity contribution in [2.24, 2.45) is 5.73 Å². The highest BCUT2D eigenvalue weighted by Crippen LogP contribution is 2.27. The van der Waals surface area contributed by atoms with Crippen molar-refractivity contribution in [3.05, 3.63) is 0 Å². The number of rotatable bonds is 10. The normalized spacial score (nSPS) is 14.2. The van der Waals surface area contributed by atoms with Crippen LogP contribution in [0.15, 0.2) is 0 Å². The zero-order valence-electron chi connectivity index (χ0n) is 11.9. The van der Waals surface area contributed by atoms with E-state index in [2.05, 4.69) is 0 Å². The first kappa shape index (κ1) is 16.0. The molecule has 0 unspecified atom stereocenters. The predicted molar refractivity (Wildman–Crippen MR) is 73.5 cm³/mol. The molecule has 0 aliphatic heterocycles. The van der Waals surface area contributed by atoms with Crippen LogP contribution in [-0.2, 0) is 14.3 Å². The second-order valence-corrected chi connectivity index (χ2v) is 5.01. The molecule has 0 bridgehead atoms. The van der Waals surface area contributed by atoms with Crippen LogP contribution in [0.3, 0.4) is 0 Å². The number of amides is 1. The molecule has 19 heavy (non-hydrogen) atoms. The van der Waals surface area contributed by atoms with E-state index in [0.717, 1.165) is 38.5 Å². The van der Waals surface area contributed by atoms with E-state index in [0.29, 0.717) is 19.6 Å². The van der Waals surface area contributed by atoms with Crippen molar-refractivity contribution in [3.8, 4) is 0 Å². The van der Waals surface area contributed by atoms with Crippen LogP contribution >= 0.6 is 0 Å². The molecular weight excluding hydrogens is 244 g/mol. The molecule has 110 valence electrons. The monoisotopic (exact) mass is 270 g/mol. The number of ether oxygens (including phenoxy) is 1. The number of carbonyl (C=O) groups excluding carboxylic acids is 2. The van der Waals surface area contributed by atoms with E-state index in [-0.39, 0.29) is 24.5 Å². The lowest BCUT2D eigenvalue weighted by Crippen LogP contribution is -2.38. The number of esters is 1. The summed E-state index contributed by atoms with van der Waals surface area (Å²) < 4.78 is 4.91. The molecule has 1 fully saturated rings. The largest absolute Gasteiger partial charge is 0.465 e. The summed E-state index contributed by atoms with van der Waals surface area (Å²) in [5, 5.41) is 0. The van der Waals surface area contributed by atoms with Gasteiger partial charge in [-0.1, -0.05) is 12.8 Å². The number of hydrogen-bond donors (Lipinski definition) is 1. The van der Waals surface area contributed by atoms with Crippen LogP contribution < -0.4 is 5.73 Å². The van der Waals surface area contributed by atoms with Gasteiger partial charge >= 0.3 is 5.97 Å². The van der Waals surface area contributed by atoms with E-state index >= 15 is 0 Å². The lowest BCUT2D eigenvalue weighted by atomic mass is 10.1. The summed E-state index contributed by atoms with van der Waals surface area (Å²) in [6.07, 6.45) is 6.55. The Kier molecular flexibility index (Phi) is 7.48. The molecular formula is C14H26N2O3. The van der Waals surface area contributed by atoms with Crippen molar-refractivity contribution < 1.29 is 14.3 Å². The van der Waals surface area contributed by atoms with Crippen LogP contribution in [0.4, 0.5) is 0 Å². The molecule has 0 spiro atoms. The Bertz CT molecular complexity index is 290. The van der Waals surface area contributed by atoms with Gasteiger partial charge < -0.3 is 15.4 Å². The van der Waals surface area contributed by atoms with Crippen LogP contribution in [0.5, 0.6) is 0 Å². The molecule has 1 aliphatic rings. The Labute approximate surface area is 115 Å². The SMILES string of the molecule is CCOC(=O)CN(C(=O)CCCCCCN)C1CC1. The topological polar surface area (TPSA) is 72.6 Å². The highest BCUT2D eigenvalue weighted by molar-refractivity contribution is 5.82. The molecule has 2 N–H and O–H groups in total. The molecule has 0 heterocycles. The van der Waals surface area contributed by atoms with E-state index in [4.69, 9.17) is 10.5 Å². The first-order chi connectivity index (χ1) is 9.19. The second kappa shape index (κ2) is 8.91. The van der Waals surface area contributed by atoms with Gasteiger partial charge in [-0.15, -0.1) is 0 Å². The fourth-order valence-electron chi connectivity index (χ4n) is 2.07. The van der Waals surface area contributed by atoms with Crippen LogP contribution in [0.25, 0.3) is 0 Å². The van der Waals surface area contributed by atoms with Gasteiger partial charge in [0.2, 0.25) is 5.91 Å². The molecule has 1 saturated carbocycles. The Hall–Kier alpha value is -1.10. The number of unbranched alkanes of at least 4 members (excludes halogenated alkanes) is 3. The second-order valence-electron chi connectivity index (χ2n) is 5.01. The summed E-state index contributed by atoms with van der Waals surface area (Å²) in [5.74, 6) is -0.214. The number of nitrogens with two attached hydrogens (primary N) is 1. The summed E-state index contributed by atoms with van der Waals surface area (Å²) >= 11 is 0. The third-order valence-corrected chi connectivity index (χ3v) is 3.26. The maximum atomic E-state index is 12.1. The van der Waals surface area contributed by atoms with Crippen molar-refractivity contribution >= 4 is 11.9 Å². The maximum Gasteiger partial charge on any atom is 0.325 e. The third-order valence-electron chi connectivity index (χ3n) is 3.26. The minimum absolute atomic E-state index is 0.0864. The van der Waals surface area contributed by atoms with Crippen LogP contribution in [0, 0.1) is 0 Å². The third kappa shape index (κ3) is 6.57. The average Bonchev–Trinajstić information content (AvgIpc) is 3.20. The summed E-state index contributed by atoms with van der Waals surface area (Å²) in [7, 11) is 0. The summed E-state index contributed by atoms with van der Waals surface area (Å²) in [5.41, 5.74) is 5.42. The van der Waals surface area contributed by atoms with Crippen molar-refractivity contribution in [3.63, 3.8) is 0 Å². The van der Waals surface area contributed by atoms with Crippen molar-refractivity contribution in [1.82, 2.24) is 4.90 Å². The molecule has 0 radical (unpaired) electrons. The van der Waals surface area contributed by atoms with E-state index in [1.807, 2.05) is 0 Å². The molecule has 5 nitrogen and oxygen atoms in total. The highest BCUT2D eigenvalue weighted by Gasteiger charge is 2.33. The number of nitrogens with zero attached hydrogens (tertiary/aromatic N) is 1. The molecule has 1 rings (SSSR count). The summed E-state index contributed by atoms with van der Waals surface area (Å²) in [6, 6.07) is 0.265. The van der Waals surface area contributed by atoms with Gasteiger partial charge in [-0.2, -0.15) is 0 Å². The summed E-state index contributed by atoms with van der Waals surface area (Å²) in [4.78, 5) is 25.3. The van der Waals surface area contributed by atoms with Crippen molar-refractivity contribution in [2.75, 3.05) is 19.7 Å². The van der Waals surface area contributed by atoms with Gasteiger partial charge in [0.05, 0.1) is 6.61 Å². The van der Waals surface area contributed by atoms with Gasteiger partial charge in [0, 0.05) is 12.5 Å².